The van der Waals surface area contributed by atoms with Gasteiger partial charge in [-0.05, 0) is 43.7 Å². The van der Waals surface area contributed by atoms with Crippen LogP contribution < -0.4 is 4.90 Å². The molecule has 5 nitrogen and oxygen atoms in total. The van der Waals surface area contributed by atoms with Crippen molar-refractivity contribution >= 4 is 22.5 Å². The van der Waals surface area contributed by atoms with Crippen molar-refractivity contribution in [2.45, 2.75) is 26.4 Å². The van der Waals surface area contributed by atoms with Crippen molar-refractivity contribution < 1.29 is 18.0 Å². The molecular formula is C21H21F3N4O. The Morgan fingerprint density at radius 1 is 1.21 bits per heavy atom. The van der Waals surface area contributed by atoms with Crippen molar-refractivity contribution in [1.82, 2.24) is 14.5 Å². The first-order chi connectivity index (χ1) is 13.6. The molecule has 1 saturated heterocycles. The van der Waals surface area contributed by atoms with E-state index >= 15 is 0 Å². The van der Waals surface area contributed by atoms with Gasteiger partial charge in [0.15, 0.2) is 5.78 Å². The summed E-state index contributed by atoms with van der Waals surface area (Å²) in [5, 5.41) is 0. The number of halogens is 3. The molecule has 152 valence electrons. The van der Waals surface area contributed by atoms with Gasteiger partial charge in [0.25, 0.3) is 0 Å². The number of ketones is 1. The number of Topliss-reactive ketones (excluding diaryl/α,β-unsaturated/α-hetero) is 1. The van der Waals surface area contributed by atoms with Gasteiger partial charge in [0.2, 0.25) is 0 Å². The van der Waals surface area contributed by atoms with E-state index in [0.29, 0.717) is 30.9 Å². The van der Waals surface area contributed by atoms with Gasteiger partial charge in [-0.1, -0.05) is 0 Å². The zero-order valence-corrected chi connectivity index (χ0v) is 16.4. The predicted molar refractivity (Wildman–Crippen MR) is 104 cm³/mol. The number of hydrogen-bond acceptors (Lipinski definition) is 4. The molecule has 0 radical (unpaired) electrons. The molecule has 0 saturated carbocycles. The Morgan fingerprint density at radius 2 is 1.93 bits per heavy atom. The maximum absolute atomic E-state index is 12.8. The fourth-order valence-corrected chi connectivity index (χ4v) is 4.06. The average Bonchev–Trinajstić information content (AvgIpc) is 2.93. The highest BCUT2D eigenvalue weighted by Gasteiger charge is 2.35. The molecule has 3 aromatic heterocycles. The molecule has 4 rings (SSSR count). The number of aromatic nitrogens is 3. The molecule has 0 spiro atoms. The number of fused-ring (bicyclic) bond motifs is 1. The van der Waals surface area contributed by atoms with Gasteiger partial charge in [0, 0.05) is 50.1 Å². The molecule has 4 heterocycles. The van der Waals surface area contributed by atoms with E-state index in [4.69, 9.17) is 0 Å². The molecule has 1 aliphatic rings. The molecule has 3 aromatic rings. The molecule has 0 bridgehead atoms. The summed E-state index contributed by atoms with van der Waals surface area (Å²) in [5.74, 6) is 0.136. The number of carbonyl (C=O) groups is 1. The zero-order valence-electron chi connectivity index (χ0n) is 16.4. The van der Waals surface area contributed by atoms with Crippen LogP contribution in [0.1, 0.15) is 33.9 Å². The van der Waals surface area contributed by atoms with Gasteiger partial charge in [-0.3, -0.25) is 14.8 Å². The molecule has 0 amide bonds. The summed E-state index contributed by atoms with van der Waals surface area (Å²) in [7, 11) is 1.86. The summed E-state index contributed by atoms with van der Waals surface area (Å²) < 4.78 is 40.4. The van der Waals surface area contributed by atoms with Gasteiger partial charge >= 0.3 is 6.18 Å². The Morgan fingerprint density at radius 3 is 2.62 bits per heavy atom. The van der Waals surface area contributed by atoms with Gasteiger partial charge in [0.1, 0.15) is 5.69 Å². The maximum atomic E-state index is 12.8. The minimum absolute atomic E-state index is 0.0258. The molecular weight excluding hydrogens is 381 g/mol. The number of alkyl halides is 3. The summed E-state index contributed by atoms with van der Waals surface area (Å²) in [4.78, 5) is 22.6. The Hall–Kier alpha value is -2.90. The van der Waals surface area contributed by atoms with Crippen LogP contribution in [0.5, 0.6) is 0 Å². The Kier molecular flexibility index (Phi) is 4.59. The Balaban J connectivity index is 1.45. The SMILES string of the molecule is Cc1cc(C)c2c(cc(C(=O)CC3CN(c4ccnc(C(F)(F)F)c4)C3)n2C)n1. The number of carbonyl (C=O) groups excluding carboxylic acids is 1. The topological polar surface area (TPSA) is 51.0 Å². The summed E-state index contributed by atoms with van der Waals surface area (Å²) in [5.41, 5.74) is 3.93. The smallest absolute Gasteiger partial charge is 0.371 e. The molecule has 8 heteroatoms. The van der Waals surface area contributed by atoms with Crippen LogP contribution in [-0.2, 0) is 13.2 Å². The van der Waals surface area contributed by atoms with Crippen molar-refractivity contribution in [1.29, 1.82) is 0 Å². The molecule has 0 aromatic carbocycles. The third-order valence-electron chi connectivity index (χ3n) is 5.42. The van der Waals surface area contributed by atoms with Crippen LogP contribution in [0.15, 0.2) is 30.5 Å². The second kappa shape index (κ2) is 6.86. The number of aryl methyl sites for hydroxylation is 3. The van der Waals surface area contributed by atoms with Crippen LogP contribution in [0.3, 0.4) is 0 Å². The minimum Gasteiger partial charge on any atom is -0.371 e. The third kappa shape index (κ3) is 3.59. The summed E-state index contributed by atoms with van der Waals surface area (Å²) in [6.07, 6.45) is -2.94. The van der Waals surface area contributed by atoms with Crippen LogP contribution >= 0.6 is 0 Å². The second-order valence-electron chi connectivity index (χ2n) is 7.70. The van der Waals surface area contributed by atoms with E-state index < -0.39 is 11.9 Å². The van der Waals surface area contributed by atoms with E-state index in [1.165, 1.54) is 6.20 Å². The van der Waals surface area contributed by atoms with Gasteiger partial charge in [0.05, 0.1) is 16.7 Å². The molecule has 0 atom stereocenters. The quantitative estimate of drug-likeness (QED) is 0.610. The lowest BCUT2D eigenvalue weighted by molar-refractivity contribution is -0.141. The number of nitrogens with zero attached hydrogens (tertiary/aromatic N) is 4. The molecule has 1 aliphatic heterocycles. The van der Waals surface area contributed by atoms with Crippen molar-refractivity contribution in [3.8, 4) is 0 Å². The zero-order chi connectivity index (χ0) is 20.9. The van der Waals surface area contributed by atoms with Gasteiger partial charge in [-0.15, -0.1) is 0 Å². The predicted octanol–water partition coefficient (Wildman–Crippen LogP) is 4.31. The fraction of sp³-hybridized carbons (Fsp3) is 0.381. The normalized spacial score (nSPS) is 15.0. The van der Waals surface area contributed by atoms with Gasteiger partial charge < -0.3 is 9.47 Å². The Bertz CT molecular complexity index is 1100. The van der Waals surface area contributed by atoms with E-state index in [-0.39, 0.29) is 11.7 Å². The van der Waals surface area contributed by atoms with Crippen molar-refractivity contribution in [2.24, 2.45) is 13.0 Å². The van der Waals surface area contributed by atoms with Crippen molar-refractivity contribution in [3.63, 3.8) is 0 Å². The monoisotopic (exact) mass is 402 g/mol. The summed E-state index contributed by atoms with van der Waals surface area (Å²) in [6.45, 7) is 5.02. The third-order valence-corrected chi connectivity index (χ3v) is 5.42. The first-order valence-electron chi connectivity index (χ1n) is 9.38. The molecule has 29 heavy (non-hydrogen) atoms. The number of hydrogen-bond donors (Lipinski definition) is 0. The fourth-order valence-electron chi connectivity index (χ4n) is 4.06. The molecule has 1 fully saturated rings. The lowest BCUT2D eigenvalue weighted by Crippen LogP contribution is -2.47. The van der Waals surface area contributed by atoms with E-state index in [0.717, 1.165) is 28.4 Å². The summed E-state index contributed by atoms with van der Waals surface area (Å²) in [6, 6.07) is 6.43. The maximum Gasteiger partial charge on any atom is 0.433 e. The molecule has 0 N–H and O–H groups in total. The van der Waals surface area contributed by atoms with E-state index in [9.17, 15) is 18.0 Å². The van der Waals surface area contributed by atoms with Gasteiger partial charge in [-0.2, -0.15) is 13.2 Å². The lowest BCUT2D eigenvalue weighted by Gasteiger charge is -2.41. The van der Waals surface area contributed by atoms with Crippen molar-refractivity contribution in [2.75, 3.05) is 18.0 Å². The molecule has 0 aliphatic carbocycles. The largest absolute Gasteiger partial charge is 0.433 e. The Labute approximate surface area is 166 Å². The number of anilines is 1. The van der Waals surface area contributed by atoms with Crippen molar-refractivity contribution in [3.05, 3.63) is 53.1 Å². The van der Waals surface area contributed by atoms with Crippen LogP contribution in [-0.4, -0.2) is 33.4 Å². The lowest BCUT2D eigenvalue weighted by atomic mass is 9.92. The minimum atomic E-state index is -4.46. The number of rotatable bonds is 4. The standard InChI is InChI=1S/C21H21F3N4O/c1-12-6-13(2)26-16-9-17(27(3)20(12)16)18(29)7-14-10-28(11-14)15-4-5-25-19(8-15)21(22,23)24/h4-6,8-9,14H,7,10-11H2,1-3H3. The average molecular weight is 402 g/mol. The van der Waals surface area contributed by atoms with E-state index in [1.807, 2.05) is 42.5 Å². The first kappa shape index (κ1) is 19.4. The van der Waals surface area contributed by atoms with Crippen LogP contribution in [0.2, 0.25) is 0 Å². The van der Waals surface area contributed by atoms with Crippen LogP contribution in [0, 0.1) is 19.8 Å². The summed E-state index contributed by atoms with van der Waals surface area (Å²) >= 11 is 0. The van der Waals surface area contributed by atoms with E-state index in [2.05, 4.69) is 9.97 Å². The number of pyridine rings is 2. The highest BCUT2D eigenvalue weighted by atomic mass is 19.4. The van der Waals surface area contributed by atoms with Gasteiger partial charge in [-0.25, -0.2) is 0 Å². The highest BCUT2D eigenvalue weighted by molar-refractivity contribution is 6.00. The molecule has 0 unspecified atom stereocenters. The first-order valence-corrected chi connectivity index (χ1v) is 9.38. The highest BCUT2D eigenvalue weighted by Crippen LogP contribution is 2.33. The second-order valence-corrected chi connectivity index (χ2v) is 7.70. The van der Waals surface area contributed by atoms with E-state index in [1.54, 1.807) is 6.07 Å². The van der Waals surface area contributed by atoms with Crippen LogP contribution in [0.25, 0.3) is 11.0 Å². The van der Waals surface area contributed by atoms with Crippen LogP contribution in [0.4, 0.5) is 18.9 Å².